The molecule has 126 valence electrons. The molecular weight excluding hydrogens is 310 g/mol. The van der Waals surface area contributed by atoms with E-state index in [4.69, 9.17) is 4.42 Å². The number of hydrogen-bond acceptors (Lipinski definition) is 6. The number of furan rings is 1. The first-order chi connectivity index (χ1) is 11.6. The molecule has 0 aromatic carbocycles. The molecule has 2 aromatic heterocycles. The molecule has 2 aromatic rings. The van der Waals surface area contributed by atoms with Gasteiger partial charge in [0.2, 0.25) is 5.91 Å². The lowest BCUT2D eigenvalue weighted by Crippen LogP contribution is -2.48. The number of piperazine rings is 1. The lowest BCUT2D eigenvalue weighted by Gasteiger charge is -2.34. The molecule has 0 atom stereocenters. The van der Waals surface area contributed by atoms with E-state index in [2.05, 4.69) is 20.2 Å². The summed E-state index contributed by atoms with van der Waals surface area (Å²) in [6, 6.07) is 3.55. The van der Waals surface area contributed by atoms with Gasteiger partial charge < -0.3 is 19.5 Å². The van der Waals surface area contributed by atoms with Gasteiger partial charge in [0.05, 0.1) is 25.2 Å². The Bertz CT molecular complexity index is 691. The van der Waals surface area contributed by atoms with E-state index < -0.39 is 0 Å². The Kier molecular flexibility index (Phi) is 4.74. The number of nitrogens with one attached hydrogen (secondary N) is 1. The Morgan fingerprint density at radius 3 is 2.58 bits per heavy atom. The molecule has 3 rings (SSSR count). The van der Waals surface area contributed by atoms with Crippen molar-refractivity contribution in [3.05, 3.63) is 42.2 Å². The van der Waals surface area contributed by atoms with E-state index in [1.807, 2.05) is 0 Å². The SMILES string of the molecule is CC(=O)N1CCN(c2cnc(C(=O)NCc3ccco3)cn2)CC1. The third-order valence-electron chi connectivity index (χ3n) is 3.92. The standard InChI is InChI=1S/C16H19N5O3/c1-12(22)20-4-6-21(7-5-20)15-11-17-14(10-18-15)16(23)19-9-13-3-2-8-24-13/h2-3,8,10-11H,4-7,9H2,1H3,(H,19,23). The van der Waals surface area contributed by atoms with Crippen LogP contribution < -0.4 is 10.2 Å². The molecule has 8 nitrogen and oxygen atoms in total. The van der Waals surface area contributed by atoms with Crippen LogP contribution in [-0.4, -0.2) is 52.9 Å². The van der Waals surface area contributed by atoms with Gasteiger partial charge in [-0.05, 0) is 12.1 Å². The smallest absolute Gasteiger partial charge is 0.271 e. The molecule has 3 heterocycles. The monoisotopic (exact) mass is 329 g/mol. The highest BCUT2D eigenvalue weighted by molar-refractivity contribution is 5.91. The minimum Gasteiger partial charge on any atom is -0.467 e. The zero-order valence-corrected chi connectivity index (χ0v) is 13.4. The molecule has 2 amide bonds. The first-order valence-electron chi connectivity index (χ1n) is 7.76. The van der Waals surface area contributed by atoms with Crippen molar-refractivity contribution in [3.63, 3.8) is 0 Å². The quantitative estimate of drug-likeness (QED) is 0.886. The topological polar surface area (TPSA) is 91.6 Å². The average molecular weight is 329 g/mol. The Morgan fingerprint density at radius 2 is 2.00 bits per heavy atom. The Hall–Kier alpha value is -2.90. The number of carbonyl (C=O) groups is 2. The molecule has 0 saturated carbocycles. The maximum atomic E-state index is 12.0. The van der Waals surface area contributed by atoms with Gasteiger partial charge in [-0.3, -0.25) is 9.59 Å². The highest BCUT2D eigenvalue weighted by atomic mass is 16.3. The Morgan fingerprint density at radius 1 is 1.21 bits per heavy atom. The summed E-state index contributed by atoms with van der Waals surface area (Å²) in [5.74, 6) is 1.17. The second-order valence-electron chi connectivity index (χ2n) is 5.51. The fourth-order valence-corrected chi connectivity index (χ4v) is 2.52. The van der Waals surface area contributed by atoms with Gasteiger partial charge in [-0.2, -0.15) is 0 Å². The molecule has 1 aliphatic heterocycles. The predicted molar refractivity (Wildman–Crippen MR) is 86.4 cm³/mol. The van der Waals surface area contributed by atoms with Gasteiger partial charge in [0.25, 0.3) is 5.91 Å². The summed E-state index contributed by atoms with van der Waals surface area (Å²) in [7, 11) is 0. The molecule has 0 aliphatic carbocycles. The van der Waals surface area contributed by atoms with E-state index in [-0.39, 0.29) is 17.5 Å². The number of nitrogens with zero attached hydrogens (tertiary/aromatic N) is 4. The fraction of sp³-hybridized carbons (Fsp3) is 0.375. The molecule has 0 spiro atoms. The van der Waals surface area contributed by atoms with E-state index in [0.717, 1.165) is 0 Å². The van der Waals surface area contributed by atoms with Crippen molar-refractivity contribution in [1.29, 1.82) is 0 Å². The summed E-state index contributed by atoms with van der Waals surface area (Å²) in [5.41, 5.74) is 0.257. The summed E-state index contributed by atoms with van der Waals surface area (Å²) in [6.45, 7) is 4.63. The van der Waals surface area contributed by atoms with Crippen molar-refractivity contribution < 1.29 is 14.0 Å². The minimum atomic E-state index is -0.299. The maximum Gasteiger partial charge on any atom is 0.271 e. The molecule has 8 heteroatoms. The number of carbonyl (C=O) groups excluding carboxylic acids is 2. The van der Waals surface area contributed by atoms with Crippen LogP contribution in [0.25, 0.3) is 0 Å². The van der Waals surface area contributed by atoms with Crippen molar-refractivity contribution in [2.75, 3.05) is 31.1 Å². The zero-order valence-electron chi connectivity index (χ0n) is 13.4. The van der Waals surface area contributed by atoms with E-state index in [0.29, 0.717) is 44.3 Å². The summed E-state index contributed by atoms with van der Waals surface area (Å²) in [5, 5.41) is 2.73. The van der Waals surface area contributed by atoms with Gasteiger partial charge in [0, 0.05) is 33.1 Å². The van der Waals surface area contributed by atoms with Gasteiger partial charge in [0.1, 0.15) is 17.3 Å². The van der Waals surface area contributed by atoms with E-state index >= 15 is 0 Å². The molecule has 1 fully saturated rings. The van der Waals surface area contributed by atoms with Gasteiger partial charge in [-0.15, -0.1) is 0 Å². The van der Waals surface area contributed by atoms with Crippen LogP contribution in [0.3, 0.4) is 0 Å². The largest absolute Gasteiger partial charge is 0.467 e. The number of rotatable bonds is 4. The molecule has 0 bridgehead atoms. The third kappa shape index (κ3) is 3.70. The van der Waals surface area contributed by atoms with Crippen LogP contribution in [-0.2, 0) is 11.3 Å². The second-order valence-corrected chi connectivity index (χ2v) is 5.51. The van der Waals surface area contributed by atoms with Crippen LogP contribution in [0.15, 0.2) is 35.2 Å². The molecule has 1 aliphatic rings. The van der Waals surface area contributed by atoms with E-state index in [1.54, 1.807) is 36.4 Å². The van der Waals surface area contributed by atoms with Crippen molar-refractivity contribution in [2.45, 2.75) is 13.5 Å². The average Bonchev–Trinajstić information content (AvgIpc) is 3.13. The summed E-state index contributed by atoms with van der Waals surface area (Å²) < 4.78 is 5.16. The summed E-state index contributed by atoms with van der Waals surface area (Å²) in [4.78, 5) is 35.7. The van der Waals surface area contributed by atoms with Gasteiger partial charge in [-0.25, -0.2) is 9.97 Å². The van der Waals surface area contributed by atoms with Crippen molar-refractivity contribution >= 4 is 17.6 Å². The number of amides is 2. The van der Waals surface area contributed by atoms with Gasteiger partial charge in [0.15, 0.2) is 0 Å². The highest BCUT2D eigenvalue weighted by Gasteiger charge is 2.20. The molecule has 1 N–H and O–H groups in total. The normalized spacial score (nSPS) is 14.5. The molecular formula is C16H19N5O3. The van der Waals surface area contributed by atoms with E-state index in [9.17, 15) is 9.59 Å². The summed E-state index contributed by atoms with van der Waals surface area (Å²) >= 11 is 0. The first kappa shape index (κ1) is 16.0. The van der Waals surface area contributed by atoms with Crippen LogP contribution in [0.5, 0.6) is 0 Å². The van der Waals surface area contributed by atoms with Crippen molar-refractivity contribution in [2.24, 2.45) is 0 Å². The lowest BCUT2D eigenvalue weighted by atomic mass is 10.3. The molecule has 0 radical (unpaired) electrons. The minimum absolute atomic E-state index is 0.0873. The predicted octanol–water partition coefficient (Wildman–Crippen LogP) is 0.668. The van der Waals surface area contributed by atoms with Crippen molar-refractivity contribution in [1.82, 2.24) is 20.2 Å². The highest BCUT2D eigenvalue weighted by Crippen LogP contribution is 2.12. The number of anilines is 1. The second kappa shape index (κ2) is 7.12. The fourth-order valence-electron chi connectivity index (χ4n) is 2.52. The van der Waals surface area contributed by atoms with Crippen LogP contribution in [0.1, 0.15) is 23.2 Å². The Labute approximate surface area is 139 Å². The number of hydrogen-bond donors (Lipinski definition) is 1. The maximum absolute atomic E-state index is 12.0. The lowest BCUT2D eigenvalue weighted by molar-refractivity contribution is -0.129. The van der Waals surface area contributed by atoms with E-state index in [1.165, 1.54) is 6.20 Å². The third-order valence-corrected chi connectivity index (χ3v) is 3.92. The van der Waals surface area contributed by atoms with Crippen LogP contribution in [0.4, 0.5) is 5.82 Å². The molecule has 24 heavy (non-hydrogen) atoms. The van der Waals surface area contributed by atoms with Crippen LogP contribution >= 0.6 is 0 Å². The van der Waals surface area contributed by atoms with Crippen molar-refractivity contribution in [3.8, 4) is 0 Å². The van der Waals surface area contributed by atoms with Gasteiger partial charge >= 0.3 is 0 Å². The molecule has 0 unspecified atom stereocenters. The van der Waals surface area contributed by atoms with Gasteiger partial charge in [-0.1, -0.05) is 0 Å². The molecule has 1 saturated heterocycles. The number of aromatic nitrogens is 2. The van der Waals surface area contributed by atoms with Crippen LogP contribution in [0, 0.1) is 0 Å². The zero-order chi connectivity index (χ0) is 16.9. The Balaban J connectivity index is 1.55. The van der Waals surface area contributed by atoms with Crippen LogP contribution in [0.2, 0.25) is 0 Å². The first-order valence-corrected chi connectivity index (χ1v) is 7.76. The summed E-state index contributed by atoms with van der Waals surface area (Å²) in [6.07, 6.45) is 4.61.